The standard InChI is InChI=1S/C9H8BrNO2/c10-5-1-2-8-6(3-5)7(4-11-8)9(12)13/h1-3,7,11H,4H2,(H,12,13). The van der Waals surface area contributed by atoms with Crippen LogP contribution in [0, 0.1) is 0 Å². The molecule has 68 valence electrons. The molecule has 0 radical (unpaired) electrons. The fourth-order valence-electron chi connectivity index (χ4n) is 1.53. The summed E-state index contributed by atoms with van der Waals surface area (Å²) in [5.41, 5.74) is 1.79. The summed E-state index contributed by atoms with van der Waals surface area (Å²) in [5.74, 6) is -1.18. The zero-order chi connectivity index (χ0) is 9.42. The molecule has 2 N–H and O–H groups in total. The third kappa shape index (κ3) is 1.42. The van der Waals surface area contributed by atoms with E-state index in [1.165, 1.54) is 0 Å². The van der Waals surface area contributed by atoms with Gasteiger partial charge in [0.2, 0.25) is 0 Å². The topological polar surface area (TPSA) is 49.3 Å². The van der Waals surface area contributed by atoms with E-state index >= 15 is 0 Å². The molecule has 1 atom stereocenters. The number of hydrogen-bond donors (Lipinski definition) is 2. The molecular formula is C9H8BrNO2. The van der Waals surface area contributed by atoms with Crippen LogP contribution < -0.4 is 5.32 Å². The minimum Gasteiger partial charge on any atom is -0.481 e. The van der Waals surface area contributed by atoms with Crippen molar-refractivity contribution >= 4 is 27.6 Å². The number of benzene rings is 1. The Morgan fingerprint density at radius 2 is 2.38 bits per heavy atom. The van der Waals surface area contributed by atoms with Crippen LogP contribution in [0.3, 0.4) is 0 Å². The van der Waals surface area contributed by atoms with Crippen molar-refractivity contribution in [1.82, 2.24) is 0 Å². The quantitative estimate of drug-likeness (QED) is 0.792. The first-order valence-corrected chi connectivity index (χ1v) is 4.74. The highest BCUT2D eigenvalue weighted by Gasteiger charge is 2.27. The molecule has 1 heterocycles. The van der Waals surface area contributed by atoms with Crippen LogP contribution in [0.25, 0.3) is 0 Å². The summed E-state index contributed by atoms with van der Waals surface area (Å²) in [5, 5.41) is 12.0. The average molecular weight is 242 g/mol. The number of carbonyl (C=O) groups is 1. The molecule has 0 saturated heterocycles. The van der Waals surface area contributed by atoms with Gasteiger partial charge in [0, 0.05) is 16.7 Å². The number of nitrogens with one attached hydrogen (secondary N) is 1. The van der Waals surface area contributed by atoms with Crippen molar-refractivity contribution in [2.75, 3.05) is 11.9 Å². The Balaban J connectivity index is 2.46. The van der Waals surface area contributed by atoms with Crippen molar-refractivity contribution in [1.29, 1.82) is 0 Å². The number of carboxylic acids is 1. The van der Waals surface area contributed by atoms with E-state index < -0.39 is 11.9 Å². The number of rotatable bonds is 1. The molecule has 0 aromatic heterocycles. The number of hydrogen-bond acceptors (Lipinski definition) is 2. The molecule has 13 heavy (non-hydrogen) atoms. The molecule has 2 rings (SSSR count). The lowest BCUT2D eigenvalue weighted by atomic mass is 10.0. The summed E-state index contributed by atoms with van der Waals surface area (Å²) in [6.07, 6.45) is 0. The van der Waals surface area contributed by atoms with Crippen molar-refractivity contribution in [3.05, 3.63) is 28.2 Å². The number of aliphatic carboxylic acids is 1. The zero-order valence-electron chi connectivity index (χ0n) is 6.75. The molecular weight excluding hydrogens is 234 g/mol. The smallest absolute Gasteiger partial charge is 0.312 e. The van der Waals surface area contributed by atoms with Gasteiger partial charge >= 0.3 is 5.97 Å². The van der Waals surface area contributed by atoms with Gasteiger partial charge < -0.3 is 10.4 Å². The van der Waals surface area contributed by atoms with Gasteiger partial charge in [-0.1, -0.05) is 15.9 Å². The van der Waals surface area contributed by atoms with Crippen LogP contribution in [0.2, 0.25) is 0 Å². The molecule has 0 saturated carbocycles. The fraction of sp³-hybridized carbons (Fsp3) is 0.222. The van der Waals surface area contributed by atoms with Crippen LogP contribution in [-0.4, -0.2) is 17.6 Å². The highest BCUT2D eigenvalue weighted by Crippen LogP contribution is 2.33. The molecule has 4 heteroatoms. The van der Waals surface area contributed by atoms with Gasteiger partial charge in [0.05, 0.1) is 0 Å². The van der Waals surface area contributed by atoms with Crippen molar-refractivity contribution in [3.8, 4) is 0 Å². The van der Waals surface area contributed by atoms with Crippen molar-refractivity contribution in [3.63, 3.8) is 0 Å². The minimum absolute atomic E-state index is 0.410. The lowest BCUT2D eigenvalue weighted by molar-refractivity contribution is -0.138. The highest BCUT2D eigenvalue weighted by atomic mass is 79.9. The van der Waals surface area contributed by atoms with E-state index in [1.54, 1.807) is 0 Å². The van der Waals surface area contributed by atoms with Crippen LogP contribution in [0.5, 0.6) is 0 Å². The number of anilines is 1. The maximum absolute atomic E-state index is 10.8. The molecule has 0 bridgehead atoms. The molecule has 0 amide bonds. The van der Waals surface area contributed by atoms with Gasteiger partial charge in [-0.15, -0.1) is 0 Å². The third-order valence-corrected chi connectivity index (χ3v) is 2.68. The summed E-state index contributed by atoms with van der Waals surface area (Å²) in [7, 11) is 0. The molecule has 0 aliphatic carbocycles. The minimum atomic E-state index is -0.774. The summed E-state index contributed by atoms with van der Waals surface area (Å²) in [6, 6.07) is 5.65. The van der Waals surface area contributed by atoms with Crippen LogP contribution in [0.15, 0.2) is 22.7 Å². The Kier molecular flexibility index (Phi) is 2.00. The van der Waals surface area contributed by atoms with Crippen LogP contribution in [0.4, 0.5) is 5.69 Å². The van der Waals surface area contributed by atoms with E-state index in [-0.39, 0.29) is 0 Å². The number of halogens is 1. The second kappa shape index (κ2) is 3.03. The van der Waals surface area contributed by atoms with E-state index in [0.717, 1.165) is 15.7 Å². The maximum Gasteiger partial charge on any atom is 0.312 e. The van der Waals surface area contributed by atoms with Crippen LogP contribution >= 0.6 is 15.9 Å². The van der Waals surface area contributed by atoms with Crippen molar-refractivity contribution in [2.45, 2.75) is 5.92 Å². The van der Waals surface area contributed by atoms with Gasteiger partial charge in [-0.25, -0.2) is 0 Å². The first-order valence-electron chi connectivity index (χ1n) is 3.94. The Labute approximate surface area is 83.9 Å². The average Bonchev–Trinajstić information content (AvgIpc) is 2.46. The molecule has 0 fully saturated rings. The third-order valence-electron chi connectivity index (χ3n) is 2.18. The van der Waals surface area contributed by atoms with Gasteiger partial charge in [0.25, 0.3) is 0 Å². The molecule has 0 spiro atoms. The molecule has 1 aliphatic rings. The zero-order valence-corrected chi connectivity index (χ0v) is 8.34. The highest BCUT2D eigenvalue weighted by molar-refractivity contribution is 9.10. The fourth-order valence-corrected chi connectivity index (χ4v) is 1.90. The SMILES string of the molecule is O=C(O)C1CNc2ccc(Br)cc21. The van der Waals surface area contributed by atoms with Crippen molar-refractivity contribution in [2.24, 2.45) is 0 Å². The maximum atomic E-state index is 10.8. The monoisotopic (exact) mass is 241 g/mol. The predicted molar refractivity (Wildman–Crippen MR) is 53.0 cm³/mol. The van der Waals surface area contributed by atoms with Crippen LogP contribution in [0.1, 0.15) is 11.5 Å². The second-order valence-corrected chi connectivity index (χ2v) is 3.92. The molecule has 3 nitrogen and oxygen atoms in total. The van der Waals surface area contributed by atoms with E-state index in [4.69, 9.17) is 5.11 Å². The Morgan fingerprint density at radius 1 is 1.62 bits per heavy atom. The van der Waals surface area contributed by atoms with Gasteiger partial charge in [0.15, 0.2) is 0 Å². The summed E-state index contributed by atoms with van der Waals surface area (Å²) in [6.45, 7) is 0.487. The lowest BCUT2D eigenvalue weighted by Gasteiger charge is -2.03. The Bertz CT molecular complexity index is 365. The molecule has 1 unspecified atom stereocenters. The van der Waals surface area contributed by atoms with E-state index in [1.807, 2.05) is 18.2 Å². The van der Waals surface area contributed by atoms with E-state index in [0.29, 0.717) is 6.54 Å². The first kappa shape index (κ1) is 8.56. The van der Waals surface area contributed by atoms with Crippen LogP contribution in [-0.2, 0) is 4.79 Å². The van der Waals surface area contributed by atoms with Gasteiger partial charge in [-0.05, 0) is 23.8 Å². The normalized spacial score (nSPS) is 19.3. The van der Waals surface area contributed by atoms with Crippen molar-refractivity contribution < 1.29 is 9.90 Å². The van der Waals surface area contributed by atoms with Gasteiger partial charge in [0.1, 0.15) is 5.92 Å². The Morgan fingerprint density at radius 3 is 3.08 bits per heavy atom. The lowest BCUT2D eigenvalue weighted by Crippen LogP contribution is -2.13. The predicted octanol–water partition coefficient (Wildman–Crippen LogP) is 2.04. The Hall–Kier alpha value is -1.03. The van der Waals surface area contributed by atoms with E-state index in [2.05, 4.69) is 21.2 Å². The van der Waals surface area contributed by atoms with E-state index in [9.17, 15) is 4.79 Å². The molecule has 1 aliphatic heterocycles. The summed E-state index contributed by atoms with van der Waals surface area (Å²) >= 11 is 3.32. The number of carboxylic acid groups (broad SMARTS) is 1. The summed E-state index contributed by atoms with van der Waals surface area (Å²) < 4.78 is 0.918. The van der Waals surface area contributed by atoms with Gasteiger partial charge in [-0.3, -0.25) is 4.79 Å². The second-order valence-electron chi connectivity index (χ2n) is 3.00. The van der Waals surface area contributed by atoms with Gasteiger partial charge in [-0.2, -0.15) is 0 Å². The first-order chi connectivity index (χ1) is 6.18. The number of fused-ring (bicyclic) bond motifs is 1. The molecule has 1 aromatic carbocycles. The summed E-state index contributed by atoms with van der Waals surface area (Å²) in [4.78, 5) is 10.8. The largest absolute Gasteiger partial charge is 0.481 e. The molecule has 1 aromatic rings.